The molecular weight excluding hydrogens is 290 g/mol. The second-order valence-electron chi connectivity index (χ2n) is 5.89. The molecule has 2 amide bonds. The van der Waals surface area contributed by atoms with Gasteiger partial charge in [-0.25, -0.2) is 4.79 Å². The number of rotatable bonds is 3. The van der Waals surface area contributed by atoms with Crippen molar-refractivity contribution in [3.63, 3.8) is 0 Å². The van der Waals surface area contributed by atoms with Gasteiger partial charge in [-0.05, 0) is 49.1 Å². The largest absolute Gasteiger partial charge is 0.323 e. The van der Waals surface area contributed by atoms with E-state index < -0.39 is 0 Å². The SMILES string of the molecule is Cc1ccc(NC(=O)Nc2cccc3c2CC(N=O)CC3)cc1. The number of benzene rings is 2. The lowest BCUT2D eigenvalue weighted by Gasteiger charge is -2.22. The highest BCUT2D eigenvalue weighted by atomic mass is 16.3. The van der Waals surface area contributed by atoms with Gasteiger partial charge in [-0.15, -0.1) is 0 Å². The maximum absolute atomic E-state index is 12.2. The molecule has 118 valence electrons. The summed E-state index contributed by atoms with van der Waals surface area (Å²) in [4.78, 5) is 23.0. The molecule has 1 aliphatic carbocycles. The third kappa shape index (κ3) is 3.56. The zero-order chi connectivity index (χ0) is 16.2. The highest BCUT2D eigenvalue weighted by Gasteiger charge is 2.22. The first-order valence-corrected chi connectivity index (χ1v) is 7.73. The van der Waals surface area contributed by atoms with Gasteiger partial charge in [-0.2, -0.15) is 4.91 Å². The van der Waals surface area contributed by atoms with Gasteiger partial charge in [0, 0.05) is 17.8 Å². The molecular formula is C18H19N3O2. The minimum atomic E-state index is -0.288. The molecule has 1 unspecified atom stereocenters. The van der Waals surface area contributed by atoms with Crippen LogP contribution in [0.15, 0.2) is 47.6 Å². The summed E-state index contributed by atoms with van der Waals surface area (Å²) in [5, 5.41) is 8.86. The third-order valence-electron chi connectivity index (χ3n) is 4.17. The summed E-state index contributed by atoms with van der Waals surface area (Å²) < 4.78 is 0. The van der Waals surface area contributed by atoms with Crippen molar-refractivity contribution in [2.75, 3.05) is 10.6 Å². The van der Waals surface area contributed by atoms with Gasteiger partial charge >= 0.3 is 6.03 Å². The van der Waals surface area contributed by atoms with E-state index in [1.54, 1.807) is 0 Å². The summed E-state index contributed by atoms with van der Waals surface area (Å²) in [5.41, 5.74) is 4.83. The molecule has 5 heteroatoms. The van der Waals surface area contributed by atoms with Crippen LogP contribution in [0.4, 0.5) is 16.2 Å². The number of anilines is 2. The Hall–Kier alpha value is -2.69. The molecule has 23 heavy (non-hydrogen) atoms. The number of urea groups is 1. The van der Waals surface area contributed by atoms with Crippen LogP contribution in [0.1, 0.15) is 23.1 Å². The third-order valence-corrected chi connectivity index (χ3v) is 4.17. The molecule has 1 atom stereocenters. The van der Waals surface area contributed by atoms with Gasteiger partial charge in [0.05, 0.1) is 6.04 Å². The monoisotopic (exact) mass is 309 g/mol. The van der Waals surface area contributed by atoms with Crippen LogP contribution in [0.25, 0.3) is 0 Å². The molecule has 2 aromatic carbocycles. The van der Waals surface area contributed by atoms with Crippen molar-refractivity contribution in [3.8, 4) is 0 Å². The van der Waals surface area contributed by atoms with Crippen molar-refractivity contribution in [2.24, 2.45) is 5.18 Å². The van der Waals surface area contributed by atoms with Crippen LogP contribution < -0.4 is 10.6 Å². The fraction of sp³-hybridized carbons (Fsp3) is 0.278. The van der Waals surface area contributed by atoms with Crippen LogP contribution in [0.2, 0.25) is 0 Å². The maximum Gasteiger partial charge on any atom is 0.323 e. The Labute approximate surface area is 135 Å². The lowest BCUT2D eigenvalue weighted by molar-refractivity contribution is 0.262. The van der Waals surface area contributed by atoms with Gasteiger partial charge in [-0.1, -0.05) is 35.0 Å². The molecule has 2 aromatic rings. The predicted molar refractivity (Wildman–Crippen MR) is 91.9 cm³/mol. The quantitative estimate of drug-likeness (QED) is 0.831. The summed E-state index contributed by atoms with van der Waals surface area (Å²) in [5.74, 6) is 0. The Morgan fingerprint density at radius 2 is 1.91 bits per heavy atom. The number of hydrogen-bond acceptors (Lipinski definition) is 3. The molecule has 2 N–H and O–H groups in total. The molecule has 0 aliphatic heterocycles. The van der Waals surface area contributed by atoms with E-state index in [9.17, 15) is 9.70 Å². The minimum absolute atomic E-state index is 0.203. The smallest absolute Gasteiger partial charge is 0.308 e. The number of nitroso groups, excluding NO2 is 1. The summed E-state index contributed by atoms with van der Waals surface area (Å²) in [6.45, 7) is 2.00. The maximum atomic E-state index is 12.2. The fourth-order valence-corrected chi connectivity index (χ4v) is 2.90. The van der Waals surface area contributed by atoms with E-state index in [-0.39, 0.29) is 12.1 Å². The minimum Gasteiger partial charge on any atom is -0.308 e. The average Bonchev–Trinajstić information content (AvgIpc) is 2.57. The van der Waals surface area contributed by atoms with Crippen LogP contribution in [-0.2, 0) is 12.8 Å². The second kappa shape index (κ2) is 6.60. The lowest BCUT2D eigenvalue weighted by atomic mass is 9.87. The van der Waals surface area contributed by atoms with E-state index in [1.807, 2.05) is 49.4 Å². The van der Waals surface area contributed by atoms with Crippen molar-refractivity contribution >= 4 is 17.4 Å². The van der Waals surface area contributed by atoms with Crippen molar-refractivity contribution in [2.45, 2.75) is 32.2 Å². The Morgan fingerprint density at radius 3 is 2.65 bits per heavy atom. The fourth-order valence-electron chi connectivity index (χ4n) is 2.90. The van der Waals surface area contributed by atoms with E-state index in [0.717, 1.165) is 35.3 Å². The summed E-state index contributed by atoms with van der Waals surface area (Å²) in [7, 11) is 0. The molecule has 5 nitrogen and oxygen atoms in total. The number of carbonyl (C=O) groups excluding carboxylic acids is 1. The van der Waals surface area contributed by atoms with Crippen molar-refractivity contribution in [1.82, 2.24) is 0 Å². The standard InChI is InChI=1S/C18H19N3O2/c1-12-5-8-14(9-6-12)19-18(22)20-17-4-2-3-13-7-10-15(21-23)11-16(13)17/h2-6,8-9,15H,7,10-11H2,1H3,(H2,19,20,22). The first-order valence-electron chi connectivity index (χ1n) is 7.73. The van der Waals surface area contributed by atoms with Gasteiger partial charge < -0.3 is 10.6 Å². The van der Waals surface area contributed by atoms with Gasteiger partial charge in [0.15, 0.2) is 0 Å². The van der Waals surface area contributed by atoms with Gasteiger partial charge in [0.2, 0.25) is 0 Å². The summed E-state index contributed by atoms with van der Waals surface area (Å²) >= 11 is 0. The van der Waals surface area contributed by atoms with E-state index in [1.165, 1.54) is 5.56 Å². The number of hydrogen-bond donors (Lipinski definition) is 2. The van der Waals surface area contributed by atoms with Crippen molar-refractivity contribution in [1.29, 1.82) is 0 Å². The van der Waals surface area contributed by atoms with Crippen molar-refractivity contribution < 1.29 is 4.79 Å². The average molecular weight is 309 g/mol. The van der Waals surface area contributed by atoms with Gasteiger partial charge in [0.25, 0.3) is 0 Å². The van der Waals surface area contributed by atoms with Crippen LogP contribution in [0.5, 0.6) is 0 Å². The van der Waals surface area contributed by atoms with E-state index in [4.69, 9.17) is 0 Å². The molecule has 0 bridgehead atoms. The Morgan fingerprint density at radius 1 is 1.13 bits per heavy atom. The number of aryl methyl sites for hydroxylation is 2. The number of amides is 2. The van der Waals surface area contributed by atoms with E-state index >= 15 is 0 Å². The molecule has 0 saturated carbocycles. The van der Waals surface area contributed by atoms with Crippen LogP contribution in [0.3, 0.4) is 0 Å². The number of nitrogens with one attached hydrogen (secondary N) is 2. The summed E-state index contributed by atoms with van der Waals surface area (Å²) in [6, 6.07) is 13.0. The first-order chi connectivity index (χ1) is 11.2. The Bertz CT molecular complexity index is 726. The molecule has 0 saturated heterocycles. The number of carbonyl (C=O) groups is 1. The molecule has 0 radical (unpaired) electrons. The highest BCUT2D eigenvalue weighted by Crippen LogP contribution is 2.29. The Kier molecular flexibility index (Phi) is 4.37. The number of fused-ring (bicyclic) bond motifs is 1. The molecule has 0 aromatic heterocycles. The predicted octanol–water partition coefficient (Wildman–Crippen LogP) is 4.26. The molecule has 0 heterocycles. The van der Waals surface area contributed by atoms with E-state index in [0.29, 0.717) is 6.42 Å². The first kappa shape index (κ1) is 15.2. The van der Waals surface area contributed by atoms with E-state index in [2.05, 4.69) is 15.8 Å². The van der Waals surface area contributed by atoms with Gasteiger partial charge in [-0.3, -0.25) is 0 Å². The van der Waals surface area contributed by atoms with Crippen LogP contribution in [-0.4, -0.2) is 12.1 Å². The number of nitrogens with zero attached hydrogens (tertiary/aromatic N) is 1. The molecule has 3 rings (SSSR count). The zero-order valence-corrected chi connectivity index (χ0v) is 13.0. The van der Waals surface area contributed by atoms with Gasteiger partial charge in [0.1, 0.15) is 0 Å². The topological polar surface area (TPSA) is 70.6 Å². The molecule has 0 spiro atoms. The molecule has 1 aliphatic rings. The lowest BCUT2D eigenvalue weighted by Crippen LogP contribution is -2.23. The Balaban J connectivity index is 1.74. The zero-order valence-electron chi connectivity index (χ0n) is 13.0. The second-order valence-corrected chi connectivity index (χ2v) is 5.89. The van der Waals surface area contributed by atoms with Crippen molar-refractivity contribution in [3.05, 3.63) is 64.1 Å². The van der Waals surface area contributed by atoms with Crippen LogP contribution in [0, 0.1) is 11.8 Å². The van der Waals surface area contributed by atoms with Crippen LogP contribution >= 0.6 is 0 Å². The normalized spacial score (nSPS) is 16.3. The summed E-state index contributed by atoms with van der Waals surface area (Å²) in [6.07, 6.45) is 2.18. The highest BCUT2D eigenvalue weighted by molar-refractivity contribution is 6.00. The molecule has 0 fully saturated rings.